The molecule has 1 aromatic rings. The van der Waals surface area contributed by atoms with Crippen LogP contribution in [0.25, 0.3) is 0 Å². The molecule has 0 aliphatic heterocycles. The molecule has 1 atom stereocenters. The number of hydrogen-bond acceptors (Lipinski definition) is 2. The van der Waals surface area contributed by atoms with E-state index < -0.39 is 5.97 Å². The standard InChI is InChI=1S/C12H15BrO2S/c1-16-6-5-10(12(14)15)7-9-3-2-4-11(13)8-9/h2-4,8,10H,5-7H2,1H3,(H,14,15). The quantitative estimate of drug-likeness (QED) is 0.874. The van der Waals surface area contributed by atoms with E-state index in [0.717, 1.165) is 22.2 Å². The first-order chi connectivity index (χ1) is 7.63. The van der Waals surface area contributed by atoms with Gasteiger partial charge in [0.2, 0.25) is 0 Å². The van der Waals surface area contributed by atoms with Crippen LogP contribution in [0, 0.1) is 5.92 Å². The van der Waals surface area contributed by atoms with Crippen LogP contribution in [0.3, 0.4) is 0 Å². The lowest BCUT2D eigenvalue weighted by atomic mass is 9.97. The summed E-state index contributed by atoms with van der Waals surface area (Å²) in [7, 11) is 0. The second-order valence-corrected chi connectivity index (χ2v) is 5.55. The van der Waals surface area contributed by atoms with E-state index in [1.165, 1.54) is 0 Å². The number of hydrogen-bond donors (Lipinski definition) is 1. The van der Waals surface area contributed by atoms with Crippen molar-refractivity contribution in [1.82, 2.24) is 0 Å². The normalized spacial score (nSPS) is 12.4. The first kappa shape index (κ1) is 13.6. The van der Waals surface area contributed by atoms with E-state index >= 15 is 0 Å². The van der Waals surface area contributed by atoms with Crippen LogP contribution in [0.2, 0.25) is 0 Å². The molecule has 1 aromatic carbocycles. The van der Waals surface area contributed by atoms with E-state index in [9.17, 15) is 4.79 Å². The Morgan fingerprint density at radius 1 is 1.56 bits per heavy atom. The van der Waals surface area contributed by atoms with Crippen molar-refractivity contribution in [3.05, 3.63) is 34.3 Å². The van der Waals surface area contributed by atoms with Gasteiger partial charge in [0.05, 0.1) is 5.92 Å². The number of halogens is 1. The fraction of sp³-hybridized carbons (Fsp3) is 0.417. The smallest absolute Gasteiger partial charge is 0.306 e. The molecule has 4 heteroatoms. The van der Waals surface area contributed by atoms with Crippen LogP contribution in [-0.2, 0) is 11.2 Å². The van der Waals surface area contributed by atoms with Crippen molar-refractivity contribution in [2.75, 3.05) is 12.0 Å². The van der Waals surface area contributed by atoms with E-state index in [1.807, 2.05) is 30.5 Å². The molecule has 0 saturated heterocycles. The summed E-state index contributed by atoms with van der Waals surface area (Å²) >= 11 is 5.08. The lowest BCUT2D eigenvalue weighted by Gasteiger charge is -2.11. The highest BCUT2D eigenvalue weighted by Gasteiger charge is 2.17. The van der Waals surface area contributed by atoms with Crippen molar-refractivity contribution in [3.8, 4) is 0 Å². The van der Waals surface area contributed by atoms with Gasteiger partial charge < -0.3 is 5.11 Å². The summed E-state index contributed by atoms with van der Waals surface area (Å²) in [5.41, 5.74) is 1.07. The number of carboxylic acid groups (broad SMARTS) is 1. The topological polar surface area (TPSA) is 37.3 Å². The minimum atomic E-state index is -0.700. The van der Waals surface area contributed by atoms with Crippen LogP contribution in [0.5, 0.6) is 0 Å². The van der Waals surface area contributed by atoms with E-state index in [0.29, 0.717) is 6.42 Å². The highest BCUT2D eigenvalue weighted by Crippen LogP contribution is 2.18. The maximum absolute atomic E-state index is 11.1. The number of carbonyl (C=O) groups is 1. The molecule has 0 heterocycles. The molecule has 0 fully saturated rings. The zero-order chi connectivity index (χ0) is 12.0. The predicted molar refractivity (Wildman–Crippen MR) is 72.0 cm³/mol. The molecule has 2 nitrogen and oxygen atoms in total. The molecule has 0 saturated carbocycles. The van der Waals surface area contributed by atoms with Crippen molar-refractivity contribution in [2.24, 2.45) is 5.92 Å². The molecule has 1 unspecified atom stereocenters. The van der Waals surface area contributed by atoms with Gasteiger partial charge >= 0.3 is 5.97 Å². The Hall–Kier alpha value is -0.480. The highest BCUT2D eigenvalue weighted by molar-refractivity contribution is 9.10. The molecule has 0 aromatic heterocycles. The molecule has 0 aliphatic rings. The van der Waals surface area contributed by atoms with Gasteiger partial charge in [0.1, 0.15) is 0 Å². The van der Waals surface area contributed by atoms with Gasteiger partial charge in [0.25, 0.3) is 0 Å². The Balaban J connectivity index is 2.64. The van der Waals surface area contributed by atoms with Crippen LogP contribution in [0.15, 0.2) is 28.7 Å². The molecule has 0 radical (unpaired) electrons. The number of carboxylic acids is 1. The summed E-state index contributed by atoms with van der Waals surface area (Å²) in [6.45, 7) is 0. The molecule has 88 valence electrons. The zero-order valence-corrected chi connectivity index (χ0v) is 11.6. The van der Waals surface area contributed by atoms with Gasteiger partial charge in [-0.3, -0.25) is 4.79 Å². The Morgan fingerprint density at radius 2 is 2.31 bits per heavy atom. The second kappa shape index (κ2) is 6.97. The van der Waals surface area contributed by atoms with E-state index in [1.54, 1.807) is 11.8 Å². The van der Waals surface area contributed by atoms with Gasteiger partial charge in [-0.1, -0.05) is 28.1 Å². The minimum absolute atomic E-state index is 0.276. The third kappa shape index (κ3) is 4.58. The monoisotopic (exact) mass is 302 g/mol. The Kier molecular flexibility index (Phi) is 5.91. The molecule has 16 heavy (non-hydrogen) atoms. The molecule has 0 spiro atoms. The third-order valence-corrected chi connectivity index (χ3v) is 3.53. The minimum Gasteiger partial charge on any atom is -0.481 e. The molecule has 0 bridgehead atoms. The Bertz CT molecular complexity index is 355. The Morgan fingerprint density at radius 3 is 2.88 bits per heavy atom. The highest BCUT2D eigenvalue weighted by atomic mass is 79.9. The SMILES string of the molecule is CSCCC(Cc1cccc(Br)c1)C(=O)O. The molecular formula is C12H15BrO2S. The van der Waals surface area contributed by atoms with Crippen molar-refractivity contribution < 1.29 is 9.90 Å². The number of aliphatic carboxylic acids is 1. The van der Waals surface area contributed by atoms with Crippen molar-refractivity contribution in [1.29, 1.82) is 0 Å². The van der Waals surface area contributed by atoms with Crippen molar-refractivity contribution >= 4 is 33.7 Å². The van der Waals surface area contributed by atoms with Gasteiger partial charge in [-0.05, 0) is 42.5 Å². The van der Waals surface area contributed by atoms with E-state index in [4.69, 9.17) is 5.11 Å². The summed E-state index contributed by atoms with van der Waals surface area (Å²) in [5.74, 6) is -0.0823. The average Bonchev–Trinajstić information content (AvgIpc) is 2.24. The first-order valence-corrected chi connectivity index (χ1v) is 7.28. The van der Waals surface area contributed by atoms with E-state index in [2.05, 4.69) is 15.9 Å². The third-order valence-electron chi connectivity index (χ3n) is 2.39. The Labute approximate surface area is 109 Å². The number of rotatable bonds is 6. The zero-order valence-electron chi connectivity index (χ0n) is 9.15. The average molecular weight is 303 g/mol. The van der Waals surface area contributed by atoms with Crippen molar-refractivity contribution in [3.63, 3.8) is 0 Å². The summed E-state index contributed by atoms with van der Waals surface area (Å²) in [4.78, 5) is 11.1. The summed E-state index contributed by atoms with van der Waals surface area (Å²) in [6, 6.07) is 7.84. The van der Waals surface area contributed by atoms with Gasteiger partial charge in [-0.2, -0.15) is 11.8 Å². The van der Waals surface area contributed by atoms with Crippen LogP contribution in [0.1, 0.15) is 12.0 Å². The molecule has 1 rings (SSSR count). The van der Waals surface area contributed by atoms with Gasteiger partial charge in [0, 0.05) is 4.47 Å². The van der Waals surface area contributed by atoms with Crippen LogP contribution < -0.4 is 0 Å². The maximum Gasteiger partial charge on any atom is 0.306 e. The van der Waals surface area contributed by atoms with Crippen LogP contribution in [0.4, 0.5) is 0 Å². The number of thioether (sulfide) groups is 1. The summed E-state index contributed by atoms with van der Waals surface area (Å²) in [6.07, 6.45) is 3.33. The second-order valence-electron chi connectivity index (χ2n) is 3.65. The van der Waals surface area contributed by atoms with Crippen molar-refractivity contribution in [2.45, 2.75) is 12.8 Å². The fourth-order valence-corrected chi connectivity index (χ4v) is 2.49. The van der Waals surface area contributed by atoms with Gasteiger partial charge in [-0.15, -0.1) is 0 Å². The van der Waals surface area contributed by atoms with Gasteiger partial charge in [-0.25, -0.2) is 0 Å². The molecular weight excluding hydrogens is 288 g/mol. The first-order valence-electron chi connectivity index (χ1n) is 5.09. The molecule has 0 aliphatic carbocycles. The predicted octanol–water partition coefficient (Wildman–Crippen LogP) is 3.45. The maximum atomic E-state index is 11.1. The van der Waals surface area contributed by atoms with Crippen LogP contribution >= 0.6 is 27.7 Å². The van der Waals surface area contributed by atoms with E-state index in [-0.39, 0.29) is 5.92 Å². The van der Waals surface area contributed by atoms with Crippen LogP contribution in [-0.4, -0.2) is 23.1 Å². The number of benzene rings is 1. The lowest BCUT2D eigenvalue weighted by molar-refractivity contribution is -0.141. The fourth-order valence-electron chi connectivity index (χ4n) is 1.52. The largest absolute Gasteiger partial charge is 0.481 e. The lowest BCUT2D eigenvalue weighted by Crippen LogP contribution is -2.17. The summed E-state index contributed by atoms with van der Waals surface area (Å²) in [5, 5.41) is 9.11. The molecule has 1 N–H and O–H groups in total. The van der Waals surface area contributed by atoms with Gasteiger partial charge in [0.15, 0.2) is 0 Å². The molecule has 0 amide bonds. The summed E-state index contributed by atoms with van der Waals surface area (Å²) < 4.78 is 0.999.